The average molecular weight is 338 g/mol. The molecule has 0 spiro atoms. The predicted octanol–water partition coefficient (Wildman–Crippen LogP) is 4.21. The molecule has 5 heteroatoms. The molecule has 108 valence electrons. The minimum atomic E-state index is 0.229. The minimum absolute atomic E-state index is 0.229. The van der Waals surface area contributed by atoms with Crippen molar-refractivity contribution in [2.24, 2.45) is 0 Å². The van der Waals surface area contributed by atoms with Gasteiger partial charge in [0.15, 0.2) is 0 Å². The second-order valence-corrected chi connectivity index (χ2v) is 5.88. The highest BCUT2D eigenvalue weighted by molar-refractivity contribution is 9.10. The third-order valence-corrected chi connectivity index (χ3v) is 3.80. The maximum atomic E-state index is 5.23. The van der Waals surface area contributed by atoms with E-state index in [-0.39, 0.29) is 6.04 Å². The fraction of sp³-hybridized carbons (Fsp3) is 0.400. The SMILES string of the molecule is COCC(C)n1cc(C)nc1Nc1cc(C)ccc1Br. The molecule has 0 aliphatic rings. The number of anilines is 2. The van der Waals surface area contributed by atoms with E-state index in [0.29, 0.717) is 6.61 Å². The van der Waals surface area contributed by atoms with E-state index >= 15 is 0 Å². The first kappa shape index (κ1) is 15.1. The summed E-state index contributed by atoms with van der Waals surface area (Å²) in [4.78, 5) is 4.56. The van der Waals surface area contributed by atoms with Gasteiger partial charge in [-0.05, 0) is 54.4 Å². The number of aryl methyl sites for hydroxylation is 2. The van der Waals surface area contributed by atoms with Crippen LogP contribution >= 0.6 is 15.9 Å². The van der Waals surface area contributed by atoms with E-state index in [1.807, 2.05) is 19.2 Å². The second kappa shape index (κ2) is 6.41. The minimum Gasteiger partial charge on any atom is -0.383 e. The van der Waals surface area contributed by atoms with E-state index in [0.717, 1.165) is 21.8 Å². The molecule has 1 aromatic heterocycles. The van der Waals surface area contributed by atoms with Crippen LogP contribution in [-0.4, -0.2) is 23.3 Å². The van der Waals surface area contributed by atoms with Crippen LogP contribution in [0.2, 0.25) is 0 Å². The van der Waals surface area contributed by atoms with Crippen LogP contribution < -0.4 is 5.32 Å². The molecule has 1 atom stereocenters. The molecule has 0 radical (unpaired) electrons. The number of nitrogens with zero attached hydrogens (tertiary/aromatic N) is 2. The number of methoxy groups -OCH3 is 1. The maximum Gasteiger partial charge on any atom is 0.207 e. The maximum absolute atomic E-state index is 5.23. The molecule has 1 aromatic carbocycles. The molecule has 1 unspecified atom stereocenters. The van der Waals surface area contributed by atoms with Gasteiger partial charge in [-0.25, -0.2) is 4.98 Å². The van der Waals surface area contributed by atoms with Crippen molar-refractivity contribution in [2.75, 3.05) is 19.0 Å². The summed E-state index contributed by atoms with van der Waals surface area (Å²) in [6.45, 7) is 6.83. The van der Waals surface area contributed by atoms with Crippen molar-refractivity contribution in [1.82, 2.24) is 9.55 Å². The molecule has 0 saturated heterocycles. The summed E-state index contributed by atoms with van der Waals surface area (Å²) in [5.41, 5.74) is 3.20. The van der Waals surface area contributed by atoms with Gasteiger partial charge >= 0.3 is 0 Å². The summed E-state index contributed by atoms with van der Waals surface area (Å²) >= 11 is 3.56. The van der Waals surface area contributed by atoms with Gasteiger partial charge < -0.3 is 14.6 Å². The van der Waals surface area contributed by atoms with Crippen LogP contribution in [0.15, 0.2) is 28.9 Å². The standard InChI is InChI=1S/C15H20BrN3O/c1-10-5-6-13(16)14(7-10)18-15-17-11(2)8-19(15)12(3)9-20-4/h5-8,12H,9H2,1-4H3,(H,17,18). The first-order valence-electron chi connectivity index (χ1n) is 6.59. The van der Waals surface area contributed by atoms with Crippen molar-refractivity contribution in [3.05, 3.63) is 40.1 Å². The Balaban J connectivity index is 2.31. The molecular formula is C15H20BrN3O. The number of aromatic nitrogens is 2. The highest BCUT2D eigenvalue weighted by Gasteiger charge is 2.13. The molecule has 1 heterocycles. The number of ether oxygens (including phenoxy) is 1. The van der Waals surface area contributed by atoms with Crippen molar-refractivity contribution in [3.63, 3.8) is 0 Å². The van der Waals surface area contributed by atoms with Gasteiger partial charge in [-0.3, -0.25) is 0 Å². The van der Waals surface area contributed by atoms with E-state index in [2.05, 4.69) is 56.8 Å². The fourth-order valence-electron chi connectivity index (χ4n) is 2.12. The molecule has 0 amide bonds. The zero-order chi connectivity index (χ0) is 14.7. The lowest BCUT2D eigenvalue weighted by atomic mass is 10.2. The number of nitrogens with one attached hydrogen (secondary N) is 1. The van der Waals surface area contributed by atoms with Crippen molar-refractivity contribution in [2.45, 2.75) is 26.8 Å². The van der Waals surface area contributed by atoms with E-state index < -0.39 is 0 Å². The van der Waals surface area contributed by atoms with Gasteiger partial charge in [0, 0.05) is 17.8 Å². The molecule has 2 rings (SSSR count). The first-order chi connectivity index (χ1) is 9.51. The number of imidazole rings is 1. The molecule has 0 fully saturated rings. The lowest BCUT2D eigenvalue weighted by Crippen LogP contribution is -2.13. The first-order valence-corrected chi connectivity index (χ1v) is 7.38. The van der Waals surface area contributed by atoms with Crippen molar-refractivity contribution in [3.8, 4) is 0 Å². The summed E-state index contributed by atoms with van der Waals surface area (Å²) in [5, 5.41) is 3.39. The van der Waals surface area contributed by atoms with E-state index in [4.69, 9.17) is 4.74 Å². The third-order valence-electron chi connectivity index (χ3n) is 3.10. The molecule has 1 N–H and O–H groups in total. The van der Waals surface area contributed by atoms with Gasteiger partial charge in [-0.1, -0.05) is 6.07 Å². The van der Waals surface area contributed by atoms with Crippen molar-refractivity contribution < 1.29 is 4.74 Å². The Morgan fingerprint density at radius 2 is 2.15 bits per heavy atom. The Kier molecular flexibility index (Phi) is 4.83. The Hall–Kier alpha value is -1.33. The monoisotopic (exact) mass is 337 g/mol. The third kappa shape index (κ3) is 3.41. The van der Waals surface area contributed by atoms with Gasteiger partial charge in [0.25, 0.3) is 0 Å². The molecular weight excluding hydrogens is 318 g/mol. The van der Waals surface area contributed by atoms with Crippen molar-refractivity contribution in [1.29, 1.82) is 0 Å². The Labute approximate surface area is 128 Å². The molecule has 0 saturated carbocycles. The van der Waals surface area contributed by atoms with E-state index in [1.54, 1.807) is 7.11 Å². The van der Waals surface area contributed by atoms with Crippen LogP contribution in [0, 0.1) is 13.8 Å². The lowest BCUT2D eigenvalue weighted by Gasteiger charge is -2.17. The topological polar surface area (TPSA) is 39.1 Å². The molecule has 2 aromatic rings. The Morgan fingerprint density at radius 1 is 1.40 bits per heavy atom. The normalized spacial score (nSPS) is 12.4. The molecule has 20 heavy (non-hydrogen) atoms. The largest absolute Gasteiger partial charge is 0.383 e. The summed E-state index contributed by atoms with van der Waals surface area (Å²) < 4.78 is 8.36. The van der Waals surface area contributed by atoms with Gasteiger partial charge in [-0.15, -0.1) is 0 Å². The second-order valence-electron chi connectivity index (χ2n) is 5.03. The van der Waals surface area contributed by atoms with Crippen LogP contribution in [0.1, 0.15) is 24.2 Å². The van der Waals surface area contributed by atoms with E-state index in [9.17, 15) is 0 Å². The van der Waals surface area contributed by atoms with Crippen LogP contribution in [-0.2, 0) is 4.74 Å². The summed E-state index contributed by atoms with van der Waals surface area (Å²) in [5.74, 6) is 0.832. The summed E-state index contributed by atoms with van der Waals surface area (Å²) in [6.07, 6.45) is 2.04. The number of hydrogen-bond donors (Lipinski definition) is 1. The number of hydrogen-bond acceptors (Lipinski definition) is 3. The molecule has 4 nitrogen and oxygen atoms in total. The Morgan fingerprint density at radius 3 is 2.85 bits per heavy atom. The predicted molar refractivity (Wildman–Crippen MR) is 85.7 cm³/mol. The quantitative estimate of drug-likeness (QED) is 0.887. The van der Waals surface area contributed by atoms with Gasteiger partial charge in [0.1, 0.15) is 0 Å². The average Bonchev–Trinajstić information content (AvgIpc) is 2.75. The van der Waals surface area contributed by atoms with Crippen LogP contribution in [0.4, 0.5) is 11.6 Å². The van der Waals surface area contributed by atoms with Gasteiger partial charge in [0.05, 0.1) is 24.0 Å². The Bertz CT molecular complexity index is 595. The highest BCUT2D eigenvalue weighted by atomic mass is 79.9. The number of halogens is 1. The lowest BCUT2D eigenvalue weighted by molar-refractivity contribution is 0.163. The summed E-state index contributed by atoms with van der Waals surface area (Å²) in [6, 6.07) is 6.43. The van der Waals surface area contributed by atoms with Crippen LogP contribution in [0.25, 0.3) is 0 Å². The zero-order valence-corrected chi connectivity index (χ0v) is 13.9. The summed E-state index contributed by atoms with van der Waals surface area (Å²) in [7, 11) is 1.71. The van der Waals surface area contributed by atoms with Gasteiger partial charge in [0.2, 0.25) is 5.95 Å². The van der Waals surface area contributed by atoms with Crippen molar-refractivity contribution >= 4 is 27.6 Å². The molecule has 0 aliphatic heterocycles. The molecule has 0 bridgehead atoms. The van der Waals surface area contributed by atoms with Gasteiger partial charge in [-0.2, -0.15) is 0 Å². The smallest absolute Gasteiger partial charge is 0.207 e. The number of benzene rings is 1. The molecule has 0 aliphatic carbocycles. The van der Waals surface area contributed by atoms with Crippen LogP contribution in [0.5, 0.6) is 0 Å². The van der Waals surface area contributed by atoms with Crippen LogP contribution in [0.3, 0.4) is 0 Å². The fourth-order valence-corrected chi connectivity index (χ4v) is 2.47. The zero-order valence-electron chi connectivity index (χ0n) is 12.3. The highest BCUT2D eigenvalue weighted by Crippen LogP contribution is 2.27. The number of rotatable bonds is 5. The van der Waals surface area contributed by atoms with E-state index in [1.165, 1.54) is 5.56 Å².